The summed E-state index contributed by atoms with van der Waals surface area (Å²) in [7, 11) is 3.38. The van der Waals surface area contributed by atoms with Crippen molar-refractivity contribution in [1.29, 1.82) is 5.26 Å². The minimum atomic E-state index is -0.0265. The van der Waals surface area contributed by atoms with Crippen LogP contribution in [0.2, 0.25) is 0 Å². The number of allylic oxidation sites excluding steroid dienone is 2. The van der Waals surface area contributed by atoms with E-state index in [9.17, 15) is 10.1 Å². The van der Waals surface area contributed by atoms with E-state index in [1.807, 2.05) is 30.0 Å². The number of carbonyl (C=O) groups excluding carboxylic acids is 1. The van der Waals surface area contributed by atoms with E-state index in [2.05, 4.69) is 21.4 Å². The monoisotopic (exact) mass is 419 g/mol. The van der Waals surface area contributed by atoms with Crippen molar-refractivity contribution in [3.63, 3.8) is 0 Å². The second-order valence-electron chi connectivity index (χ2n) is 7.63. The molecule has 0 saturated carbocycles. The summed E-state index contributed by atoms with van der Waals surface area (Å²) in [5.41, 5.74) is 3.70. The lowest BCUT2D eigenvalue weighted by Crippen LogP contribution is -2.44. The highest BCUT2D eigenvalue weighted by Crippen LogP contribution is 2.32. The molecule has 0 radical (unpaired) electrons. The molecule has 4 rings (SSSR count). The molecule has 160 valence electrons. The molecular weight excluding hydrogens is 394 g/mol. The molecular formula is C23H25N5O3. The predicted octanol–water partition coefficient (Wildman–Crippen LogP) is 2.44. The van der Waals surface area contributed by atoms with Crippen LogP contribution in [0.25, 0.3) is 5.57 Å². The molecule has 1 aromatic heterocycles. The number of ether oxygens (including phenoxy) is 2. The lowest BCUT2D eigenvalue weighted by molar-refractivity contribution is -0.0124. The van der Waals surface area contributed by atoms with Gasteiger partial charge in [0, 0.05) is 44.1 Å². The Morgan fingerprint density at radius 1 is 1.42 bits per heavy atom. The third-order valence-corrected chi connectivity index (χ3v) is 5.57. The minimum absolute atomic E-state index is 0.0265. The fourth-order valence-corrected chi connectivity index (χ4v) is 4.03. The molecule has 1 aliphatic carbocycles. The lowest BCUT2D eigenvalue weighted by Gasteiger charge is -2.31. The Morgan fingerprint density at radius 3 is 2.97 bits per heavy atom. The molecule has 8 nitrogen and oxygen atoms in total. The van der Waals surface area contributed by atoms with Gasteiger partial charge in [-0.1, -0.05) is 12.1 Å². The summed E-state index contributed by atoms with van der Waals surface area (Å²) >= 11 is 0. The van der Waals surface area contributed by atoms with Crippen molar-refractivity contribution < 1.29 is 14.3 Å². The van der Waals surface area contributed by atoms with Gasteiger partial charge in [0.25, 0.3) is 5.91 Å². The smallest absolute Gasteiger partial charge is 0.254 e. The van der Waals surface area contributed by atoms with Crippen LogP contribution < -0.4 is 10.1 Å². The van der Waals surface area contributed by atoms with Gasteiger partial charge in [-0.25, -0.2) is 9.97 Å². The molecule has 1 fully saturated rings. The van der Waals surface area contributed by atoms with Gasteiger partial charge in [-0.2, -0.15) is 5.26 Å². The van der Waals surface area contributed by atoms with Crippen LogP contribution in [-0.4, -0.2) is 60.7 Å². The topological polar surface area (TPSA) is 100 Å². The van der Waals surface area contributed by atoms with Gasteiger partial charge in [-0.3, -0.25) is 4.79 Å². The number of hydrogen-bond acceptors (Lipinski definition) is 7. The van der Waals surface area contributed by atoms with Gasteiger partial charge in [0.05, 0.1) is 42.7 Å². The number of benzene rings is 1. The van der Waals surface area contributed by atoms with E-state index in [-0.39, 0.29) is 12.0 Å². The molecule has 1 atom stereocenters. The predicted molar refractivity (Wildman–Crippen MR) is 116 cm³/mol. The lowest BCUT2D eigenvalue weighted by atomic mass is 10.1. The Labute approximate surface area is 181 Å². The number of anilines is 1. The number of amides is 1. The van der Waals surface area contributed by atoms with Crippen LogP contribution in [0, 0.1) is 11.3 Å². The molecule has 8 heteroatoms. The maximum absolute atomic E-state index is 12.9. The number of nitrogens with zero attached hydrogens (tertiary/aromatic N) is 4. The molecule has 0 bridgehead atoms. The second-order valence-corrected chi connectivity index (χ2v) is 7.63. The molecule has 2 aliphatic rings. The minimum Gasteiger partial charge on any atom is -0.496 e. The average Bonchev–Trinajstić information content (AvgIpc) is 3.21. The van der Waals surface area contributed by atoms with Gasteiger partial charge in [0.1, 0.15) is 17.4 Å². The van der Waals surface area contributed by atoms with Crippen molar-refractivity contribution in [3.05, 3.63) is 52.5 Å². The van der Waals surface area contributed by atoms with Gasteiger partial charge < -0.3 is 19.7 Å². The summed E-state index contributed by atoms with van der Waals surface area (Å²) < 4.78 is 11.1. The van der Waals surface area contributed by atoms with Crippen molar-refractivity contribution in [2.24, 2.45) is 0 Å². The molecule has 31 heavy (non-hydrogen) atoms. The number of aromatic nitrogens is 2. The Hall–Kier alpha value is -3.44. The number of morpholine rings is 1. The van der Waals surface area contributed by atoms with Gasteiger partial charge in [-0.15, -0.1) is 0 Å². The van der Waals surface area contributed by atoms with E-state index in [1.54, 1.807) is 20.2 Å². The highest BCUT2D eigenvalue weighted by Gasteiger charge is 2.24. The molecule has 1 amide bonds. The van der Waals surface area contributed by atoms with E-state index < -0.39 is 0 Å². The van der Waals surface area contributed by atoms with Crippen LogP contribution in [0.15, 0.2) is 24.3 Å². The number of methoxy groups -OCH3 is 1. The molecule has 1 aliphatic heterocycles. The van der Waals surface area contributed by atoms with Crippen LogP contribution >= 0.6 is 0 Å². The van der Waals surface area contributed by atoms with Gasteiger partial charge >= 0.3 is 0 Å². The van der Waals surface area contributed by atoms with Gasteiger partial charge in [0.15, 0.2) is 0 Å². The largest absolute Gasteiger partial charge is 0.496 e. The summed E-state index contributed by atoms with van der Waals surface area (Å²) in [6.07, 6.45) is 2.98. The standard InChI is InChI=1S/C23H25N5O3/c1-14-13-28(8-9-31-14)23(29)16-5-4-15(19(10-16)30-3)11-20-26-18-7-6-17(12-24)21(18)22(25-2)27-20/h4-6,10,14H,7-9,11,13H2,1-3H3,(H,25,26,27)/t14-/m1/s1. The summed E-state index contributed by atoms with van der Waals surface area (Å²) in [6, 6.07) is 7.70. The summed E-state index contributed by atoms with van der Waals surface area (Å²) in [5.74, 6) is 1.88. The first-order valence-electron chi connectivity index (χ1n) is 10.3. The number of carbonyl (C=O) groups is 1. The number of nitriles is 1. The molecule has 1 saturated heterocycles. The Balaban J connectivity index is 1.59. The van der Waals surface area contributed by atoms with Crippen LogP contribution in [0.1, 0.15) is 39.9 Å². The Kier molecular flexibility index (Phi) is 5.87. The number of rotatable bonds is 5. The highest BCUT2D eigenvalue weighted by atomic mass is 16.5. The summed E-state index contributed by atoms with van der Waals surface area (Å²) in [4.78, 5) is 24.0. The molecule has 2 heterocycles. The maximum atomic E-state index is 12.9. The van der Waals surface area contributed by atoms with Crippen LogP contribution in [0.3, 0.4) is 0 Å². The highest BCUT2D eigenvalue weighted by molar-refractivity contribution is 5.95. The first-order valence-corrected chi connectivity index (χ1v) is 10.3. The molecule has 2 aromatic rings. The van der Waals surface area contributed by atoms with E-state index in [0.717, 1.165) is 16.8 Å². The van der Waals surface area contributed by atoms with Gasteiger partial charge in [0.2, 0.25) is 0 Å². The zero-order valence-corrected chi connectivity index (χ0v) is 17.9. The molecule has 1 N–H and O–H groups in total. The average molecular weight is 419 g/mol. The quantitative estimate of drug-likeness (QED) is 0.794. The number of nitrogens with one attached hydrogen (secondary N) is 1. The van der Waals surface area contributed by atoms with E-state index in [1.165, 1.54) is 0 Å². The third kappa shape index (κ3) is 4.09. The van der Waals surface area contributed by atoms with Crippen LogP contribution in [0.4, 0.5) is 5.82 Å². The first-order chi connectivity index (χ1) is 15.0. The van der Waals surface area contributed by atoms with Crippen LogP contribution in [-0.2, 0) is 17.6 Å². The Morgan fingerprint density at radius 2 is 2.26 bits per heavy atom. The van der Waals surface area contributed by atoms with Crippen molar-refractivity contribution >= 4 is 17.3 Å². The fourth-order valence-electron chi connectivity index (χ4n) is 4.03. The van der Waals surface area contributed by atoms with Crippen molar-refractivity contribution in [1.82, 2.24) is 14.9 Å². The third-order valence-electron chi connectivity index (χ3n) is 5.57. The van der Waals surface area contributed by atoms with Crippen LogP contribution in [0.5, 0.6) is 5.75 Å². The van der Waals surface area contributed by atoms with Crippen molar-refractivity contribution in [2.45, 2.75) is 25.9 Å². The summed E-state index contributed by atoms with van der Waals surface area (Å²) in [5, 5.41) is 12.4. The van der Waals surface area contributed by atoms with Crippen molar-refractivity contribution in [2.75, 3.05) is 39.2 Å². The van der Waals surface area contributed by atoms with E-state index in [0.29, 0.717) is 61.1 Å². The zero-order chi connectivity index (χ0) is 22.0. The van der Waals surface area contributed by atoms with E-state index in [4.69, 9.17) is 9.47 Å². The molecule has 0 spiro atoms. The van der Waals surface area contributed by atoms with Crippen molar-refractivity contribution in [3.8, 4) is 11.8 Å². The van der Waals surface area contributed by atoms with E-state index >= 15 is 0 Å². The SMILES string of the molecule is CNc1nc(Cc2ccc(C(=O)N3CCO[C@H](C)C3)cc2OC)nc2c1C(C#N)=CC2. The first kappa shape index (κ1) is 20.8. The molecule has 0 unspecified atom stereocenters. The second kappa shape index (κ2) is 8.74. The number of fused-ring (bicyclic) bond motifs is 1. The normalized spacial score (nSPS) is 17.5. The zero-order valence-electron chi connectivity index (χ0n) is 17.9. The maximum Gasteiger partial charge on any atom is 0.254 e. The Bertz CT molecular complexity index is 1090. The fraction of sp³-hybridized carbons (Fsp3) is 0.391. The van der Waals surface area contributed by atoms with Gasteiger partial charge in [-0.05, 0) is 19.1 Å². The summed E-state index contributed by atoms with van der Waals surface area (Å²) in [6.45, 7) is 3.68. The molecule has 1 aromatic carbocycles. The number of hydrogen-bond donors (Lipinski definition) is 1.